The molecule has 0 aliphatic heterocycles. The van der Waals surface area contributed by atoms with Crippen LogP contribution in [0.1, 0.15) is 31.9 Å². The van der Waals surface area contributed by atoms with E-state index in [0.717, 1.165) is 13.1 Å². The number of hydrogen-bond acceptors (Lipinski definition) is 8. The van der Waals surface area contributed by atoms with Gasteiger partial charge in [-0.25, -0.2) is 23.1 Å². The third-order valence-corrected chi connectivity index (χ3v) is 7.31. The first-order chi connectivity index (χ1) is 19.4. The van der Waals surface area contributed by atoms with Crippen LogP contribution in [0.5, 0.6) is 5.75 Å². The first-order valence-electron chi connectivity index (χ1n) is 13.0. The van der Waals surface area contributed by atoms with E-state index in [9.17, 15) is 18.0 Å². The second-order valence-electron chi connectivity index (χ2n) is 9.22. The second kappa shape index (κ2) is 13.9. The second-order valence-corrected chi connectivity index (χ2v) is 10.7. The molecule has 0 aliphatic rings. The standard InChI is InChI=1S/C29H35N5O6S/c1-5-34(6-2)20(3)39-28(35)32-27(30)23-11-9-10-21(18-23)19-33(4)29(36)40-24-16-14-22(15-17-24)25-12-7-8-13-26(25)41(31,37)38/h7-18,20H,5-6,19H2,1-4H3,(H2,30,32,35)(H2,31,37,38). The molecule has 0 aliphatic carbocycles. The number of carbonyl (C=O) groups is 2. The molecule has 1 unspecified atom stereocenters. The summed E-state index contributed by atoms with van der Waals surface area (Å²) in [6.07, 6.45) is -1.77. The quantitative estimate of drug-likeness (QED) is 0.182. The van der Waals surface area contributed by atoms with Gasteiger partial charge >= 0.3 is 12.2 Å². The Hall–Kier alpha value is -4.26. The van der Waals surface area contributed by atoms with E-state index in [0.29, 0.717) is 22.3 Å². The van der Waals surface area contributed by atoms with Crippen molar-refractivity contribution in [3.8, 4) is 16.9 Å². The minimum atomic E-state index is -3.91. The number of sulfonamides is 1. The molecule has 0 aromatic heterocycles. The predicted molar refractivity (Wildman–Crippen MR) is 156 cm³/mol. The molecule has 0 heterocycles. The minimum Gasteiger partial charge on any atom is -0.430 e. The summed E-state index contributed by atoms with van der Waals surface area (Å²) in [5, 5.41) is 16.0. The molecule has 2 amide bonds. The van der Waals surface area contributed by atoms with Crippen LogP contribution in [0.4, 0.5) is 9.59 Å². The molecule has 0 saturated carbocycles. The Morgan fingerprint density at radius 1 is 1.00 bits per heavy atom. The third-order valence-electron chi connectivity index (χ3n) is 6.34. The van der Waals surface area contributed by atoms with Gasteiger partial charge in [-0.15, -0.1) is 0 Å². The minimum absolute atomic E-state index is 0.000992. The Balaban J connectivity index is 1.60. The summed E-state index contributed by atoms with van der Waals surface area (Å²) in [7, 11) is -2.34. The molecule has 12 heteroatoms. The van der Waals surface area contributed by atoms with Crippen LogP contribution in [-0.4, -0.2) is 62.6 Å². The summed E-state index contributed by atoms with van der Waals surface area (Å²) >= 11 is 0. The van der Waals surface area contributed by atoms with E-state index >= 15 is 0 Å². The normalized spacial score (nSPS) is 12.0. The van der Waals surface area contributed by atoms with E-state index in [-0.39, 0.29) is 23.0 Å². The molecule has 3 rings (SSSR count). The van der Waals surface area contributed by atoms with E-state index in [1.165, 1.54) is 11.0 Å². The topological polar surface area (TPSA) is 155 Å². The van der Waals surface area contributed by atoms with E-state index in [1.807, 2.05) is 18.7 Å². The Morgan fingerprint density at radius 3 is 2.29 bits per heavy atom. The molecule has 41 heavy (non-hydrogen) atoms. The van der Waals surface area contributed by atoms with Gasteiger partial charge in [0.2, 0.25) is 10.0 Å². The lowest BCUT2D eigenvalue weighted by Gasteiger charge is -2.25. The van der Waals surface area contributed by atoms with Gasteiger partial charge in [-0.05, 0) is 55.4 Å². The van der Waals surface area contributed by atoms with Crippen LogP contribution in [0.3, 0.4) is 0 Å². The number of carbonyl (C=O) groups excluding carboxylic acids is 2. The van der Waals surface area contributed by atoms with Crippen LogP contribution in [0.25, 0.3) is 11.1 Å². The molecule has 0 radical (unpaired) electrons. The van der Waals surface area contributed by atoms with Crippen LogP contribution in [0, 0.1) is 5.41 Å². The summed E-state index contributed by atoms with van der Waals surface area (Å²) in [6, 6.07) is 19.7. The SMILES string of the molecule is CCN(CC)C(C)OC(=O)NC(=N)c1cccc(CN(C)C(=O)Oc2ccc(-c3ccccc3S(N)(=O)=O)cc2)c1. The molecule has 11 nitrogen and oxygen atoms in total. The fourth-order valence-electron chi connectivity index (χ4n) is 4.17. The van der Waals surface area contributed by atoms with E-state index in [4.69, 9.17) is 20.0 Å². The summed E-state index contributed by atoms with van der Waals surface area (Å²) in [6.45, 7) is 7.34. The van der Waals surface area contributed by atoms with Crippen LogP contribution < -0.4 is 15.2 Å². The van der Waals surface area contributed by atoms with Gasteiger partial charge in [0.05, 0.1) is 4.90 Å². The molecular formula is C29H35N5O6S. The van der Waals surface area contributed by atoms with Crippen molar-refractivity contribution in [1.29, 1.82) is 5.41 Å². The average molecular weight is 582 g/mol. The Morgan fingerprint density at radius 2 is 1.66 bits per heavy atom. The van der Waals surface area contributed by atoms with Crippen molar-refractivity contribution in [2.24, 2.45) is 5.14 Å². The molecular weight excluding hydrogens is 546 g/mol. The van der Waals surface area contributed by atoms with E-state index in [2.05, 4.69) is 5.32 Å². The smallest absolute Gasteiger partial charge is 0.415 e. The monoisotopic (exact) mass is 581 g/mol. The first-order valence-corrected chi connectivity index (χ1v) is 14.5. The van der Waals surface area contributed by atoms with Crippen molar-refractivity contribution in [3.63, 3.8) is 0 Å². The van der Waals surface area contributed by atoms with E-state index < -0.39 is 28.4 Å². The van der Waals surface area contributed by atoms with Crippen molar-refractivity contribution < 1.29 is 27.5 Å². The summed E-state index contributed by atoms with van der Waals surface area (Å²) in [5.41, 5.74) is 2.21. The Bertz CT molecular complexity index is 1490. The van der Waals surface area contributed by atoms with Gasteiger partial charge in [0.1, 0.15) is 11.6 Å². The highest BCUT2D eigenvalue weighted by atomic mass is 32.2. The van der Waals surface area contributed by atoms with Gasteiger partial charge in [0, 0.05) is 24.7 Å². The van der Waals surface area contributed by atoms with Gasteiger partial charge in [0.25, 0.3) is 0 Å². The van der Waals surface area contributed by atoms with Gasteiger partial charge in [-0.1, -0.05) is 62.4 Å². The number of nitrogens with one attached hydrogen (secondary N) is 2. The highest BCUT2D eigenvalue weighted by Gasteiger charge is 2.18. The van der Waals surface area contributed by atoms with Crippen molar-refractivity contribution in [2.75, 3.05) is 20.1 Å². The van der Waals surface area contributed by atoms with Crippen molar-refractivity contribution in [3.05, 3.63) is 83.9 Å². The summed E-state index contributed by atoms with van der Waals surface area (Å²) in [4.78, 5) is 28.3. The predicted octanol–water partition coefficient (Wildman–Crippen LogP) is 4.37. The maximum absolute atomic E-state index is 12.7. The molecule has 218 valence electrons. The van der Waals surface area contributed by atoms with Crippen LogP contribution in [0.2, 0.25) is 0 Å². The molecule has 0 spiro atoms. The molecule has 4 N–H and O–H groups in total. The Labute approximate surface area is 240 Å². The lowest BCUT2D eigenvalue weighted by atomic mass is 10.1. The zero-order valence-corrected chi connectivity index (χ0v) is 24.3. The number of primary sulfonamides is 1. The maximum atomic E-state index is 12.7. The van der Waals surface area contributed by atoms with Crippen molar-refractivity contribution in [1.82, 2.24) is 15.1 Å². The number of benzene rings is 3. The lowest BCUT2D eigenvalue weighted by Crippen LogP contribution is -2.40. The number of ether oxygens (including phenoxy) is 2. The number of nitrogens with two attached hydrogens (primary N) is 1. The maximum Gasteiger partial charge on any atom is 0.415 e. The Kier molecular flexibility index (Phi) is 10.6. The summed E-state index contributed by atoms with van der Waals surface area (Å²) in [5.74, 6) is 0.147. The molecule has 1 atom stereocenters. The molecule has 3 aromatic carbocycles. The van der Waals surface area contributed by atoms with Gasteiger partial charge in [-0.2, -0.15) is 0 Å². The zero-order chi connectivity index (χ0) is 30.2. The average Bonchev–Trinajstić information content (AvgIpc) is 2.93. The molecule has 0 bridgehead atoms. The van der Waals surface area contributed by atoms with Gasteiger partial charge < -0.3 is 14.4 Å². The van der Waals surface area contributed by atoms with Gasteiger partial charge in [0.15, 0.2) is 6.23 Å². The molecule has 0 saturated heterocycles. The highest BCUT2D eigenvalue weighted by molar-refractivity contribution is 7.89. The third kappa shape index (κ3) is 8.61. The number of amidine groups is 1. The van der Waals surface area contributed by atoms with Gasteiger partial charge in [-0.3, -0.25) is 15.6 Å². The summed E-state index contributed by atoms with van der Waals surface area (Å²) < 4.78 is 34.7. The number of amides is 2. The van der Waals surface area contributed by atoms with Crippen LogP contribution in [0.15, 0.2) is 77.7 Å². The number of hydrogen-bond donors (Lipinski definition) is 3. The fourth-order valence-corrected chi connectivity index (χ4v) is 4.93. The zero-order valence-electron chi connectivity index (χ0n) is 23.5. The highest BCUT2D eigenvalue weighted by Crippen LogP contribution is 2.28. The largest absolute Gasteiger partial charge is 0.430 e. The van der Waals surface area contributed by atoms with Crippen LogP contribution in [-0.2, 0) is 21.3 Å². The fraction of sp³-hybridized carbons (Fsp3) is 0.276. The molecule has 3 aromatic rings. The number of alkyl carbamates (subject to hydrolysis) is 1. The molecule has 0 fully saturated rings. The van der Waals surface area contributed by atoms with Crippen molar-refractivity contribution in [2.45, 2.75) is 38.4 Å². The number of rotatable bonds is 10. The lowest BCUT2D eigenvalue weighted by molar-refractivity contribution is 0.00679. The van der Waals surface area contributed by atoms with E-state index in [1.54, 1.807) is 80.7 Å². The van der Waals surface area contributed by atoms with Crippen LogP contribution >= 0.6 is 0 Å². The number of nitrogens with zero attached hydrogens (tertiary/aromatic N) is 2. The van der Waals surface area contributed by atoms with Crippen molar-refractivity contribution >= 4 is 28.0 Å². The first kappa shape index (κ1) is 31.3.